The first-order valence-corrected chi connectivity index (χ1v) is 8.64. The van der Waals surface area contributed by atoms with Gasteiger partial charge in [0, 0.05) is 24.2 Å². The molecule has 1 aromatic carbocycles. The average Bonchev–Trinajstić information content (AvgIpc) is 2.66. The number of piperidine rings is 3. The lowest BCUT2D eigenvalue weighted by Gasteiger charge is -2.50. The second-order valence-electron chi connectivity index (χ2n) is 6.93. The molecule has 6 heteroatoms. The number of nitrogens with zero attached hydrogens (tertiary/aromatic N) is 2. The van der Waals surface area contributed by atoms with Crippen molar-refractivity contribution in [3.05, 3.63) is 48.7 Å². The number of fused-ring (bicyclic) bond motifs is 4. The molecule has 0 saturated carbocycles. The first-order valence-electron chi connectivity index (χ1n) is 8.64. The Kier molecular flexibility index (Phi) is 6.89. The van der Waals surface area contributed by atoms with Crippen molar-refractivity contribution in [1.29, 1.82) is 0 Å². The molecule has 2 bridgehead atoms. The fourth-order valence-electron chi connectivity index (χ4n) is 4.40. The van der Waals surface area contributed by atoms with E-state index in [1.54, 1.807) is 13.3 Å². The van der Waals surface area contributed by atoms with Crippen LogP contribution < -0.4 is 4.74 Å². The van der Waals surface area contributed by atoms with Crippen molar-refractivity contribution >= 4 is 35.7 Å². The number of ether oxygens (including phenoxy) is 1. The number of hydrogen-bond acceptors (Lipinski definition) is 3. The van der Waals surface area contributed by atoms with Crippen molar-refractivity contribution in [1.82, 2.24) is 9.88 Å². The predicted octanol–water partition coefficient (Wildman–Crippen LogP) is 4.99. The molecule has 3 nitrogen and oxygen atoms in total. The van der Waals surface area contributed by atoms with Crippen LogP contribution in [-0.4, -0.2) is 36.1 Å². The van der Waals surface area contributed by atoms with E-state index in [9.17, 15) is 0 Å². The summed E-state index contributed by atoms with van der Waals surface area (Å²) in [6.07, 6.45) is 4.82. The van der Waals surface area contributed by atoms with E-state index in [0.29, 0.717) is 11.8 Å². The van der Waals surface area contributed by atoms with Crippen LogP contribution in [0.4, 0.5) is 4.39 Å². The van der Waals surface area contributed by atoms with Crippen LogP contribution in [-0.2, 0) is 0 Å². The predicted molar refractivity (Wildman–Crippen MR) is 108 cm³/mol. The zero-order chi connectivity index (χ0) is 16.7. The molecule has 0 radical (unpaired) electrons. The normalized spacial score (nSPS) is 27.9. The highest BCUT2D eigenvalue weighted by Gasteiger charge is 2.43. The molecule has 3 aliphatic heterocycles. The van der Waals surface area contributed by atoms with Crippen molar-refractivity contribution in [3.8, 4) is 5.75 Å². The van der Waals surface area contributed by atoms with Crippen molar-refractivity contribution in [2.24, 2.45) is 11.8 Å². The Bertz CT molecular complexity index is 773. The van der Waals surface area contributed by atoms with E-state index in [1.807, 2.05) is 30.3 Å². The fraction of sp³-hybridized carbons (Fsp3) is 0.450. The largest absolute Gasteiger partial charge is 0.497 e. The quantitative estimate of drug-likeness (QED) is 0.677. The van der Waals surface area contributed by atoms with E-state index >= 15 is 4.39 Å². The topological polar surface area (TPSA) is 25.4 Å². The smallest absolute Gasteiger partial charge is 0.141 e. The van der Waals surface area contributed by atoms with Gasteiger partial charge in [-0.25, -0.2) is 4.39 Å². The lowest BCUT2D eigenvalue weighted by atomic mass is 9.74. The van der Waals surface area contributed by atoms with Crippen LogP contribution >= 0.6 is 24.8 Å². The molecule has 1 unspecified atom stereocenters. The lowest BCUT2D eigenvalue weighted by molar-refractivity contribution is -0.0183. The number of rotatable bonds is 4. The molecule has 0 N–H and O–H groups in total. The summed E-state index contributed by atoms with van der Waals surface area (Å²) >= 11 is 0. The van der Waals surface area contributed by atoms with Gasteiger partial charge in [0.2, 0.25) is 0 Å². The van der Waals surface area contributed by atoms with Gasteiger partial charge in [-0.3, -0.25) is 9.88 Å². The molecule has 2 aromatic rings. The molecule has 4 heterocycles. The number of benzene rings is 1. The summed E-state index contributed by atoms with van der Waals surface area (Å²) in [7, 11) is 1.63. The van der Waals surface area contributed by atoms with Crippen molar-refractivity contribution in [2.75, 3.05) is 20.2 Å². The van der Waals surface area contributed by atoms with E-state index in [4.69, 9.17) is 4.74 Å². The highest BCUT2D eigenvalue weighted by Crippen LogP contribution is 2.43. The minimum atomic E-state index is -1.00. The maximum atomic E-state index is 15.5. The Morgan fingerprint density at radius 2 is 2.15 bits per heavy atom. The molecular formula is C20H25Cl2FN2O. The molecule has 26 heavy (non-hydrogen) atoms. The van der Waals surface area contributed by atoms with Crippen LogP contribution in [0.15, 0.2) is 43.1 Å². The zero-order valence-corrected chi connectivity index (χ0v) is 16.4. The van der Waals surface area contributed by atoms with Crippen molar-refractivity contribution in [3.63, 3.8) is 0 Å². The Hall–Kier alpha value is -1.36. The highest BCUT2D eigenvalue weighted by atomic mass is 35.5. The molecule has 1 aromatic heterocycles. The molecule has 3 fully saturated rings. The zero-order valence-electron chi connectivity index (χ0n) is 14.8. The van der Waals surface area contributed by atoms with E-state index in [2.05, 4.69) is 16.5 Å². The molecule has 5 rings (SSSR count). The van der Waals surface area contributed by atoms with Gasteiger partial charge in [-0.2, -0.15) is 0 Å². The van der Waals surface area contributed by atoms with Crippen LogP contribution in [0.25, 0.3) is 10.9 Å². The number of halogens is 3. The SMILES string of the molecule is C=C[C@H]1CN2CC[C@H]1C[C@H]2[C@@H](F)c1ccnc2ccc(OC)cc12.Cl.Cl. The van der Waals surface area contributed by atoms with Crippen molar-refractivity contribution < 1.29 is 9.13 Å². The van der Waals surface area contributed by atoms with E-state index in [-0.39, 0.29) is 30.9 Å². The number of aromatic nitrogens is 1. The van der Waals surface area contributed by atoms with Gasteiger partial charge >= 0.3 is 0 Å². The van der Waals surface area contributed by atoms with E-state index in [1.165, 1.54) is 0 Å². The highest BCUT2D eigenvalue weighted by molar-refractivity contribution is 5.85. The standard InChI is InChI=1S/C20H23FN2O.2ClH/c1-3-13-12-23-9-7-14(13)10-19(23)20(21)16-6-8-22-18-5-4-15(24-2)11-17(16)18;;/h3-6,8,11,13-14,19-20H,1,7,9-10,12H2,2H3;2*1H/t13-,14-,19-,20-;;/m0../s1. The molecule has 3 aliphatic rings. The molecule has 0 spiro atoms. The Morgan fingerprint density at radius 3 is 2.81 bits per heavy atom. The Morgan fingerprint density at radius 1 is 1.35 bits per heavy atom. The molecule has 3 saturated heterocycles. The summed E-state index contributed by atoms with van der Waals surface area (Å²) in [6.45, 7) is 5.88. The summed E-state index contributed by atoms with van der Waals surface area (Å²) in [5, 5.41) is 0.854. The third-order valence-corrected chi connectivity index (χ3v) is 5.77. The number of methoxy groups -OCH3 is 1. The molecule has 0 amide bonds. The van der Waals surface area contributed by atoms with Gasteiger partial charge in [0.25, 0.3) is 0 Å². The van der Waals surface area contributed by atoms with Crippen LogP contribution in [0.3, 0.4) is 0 Å². The number of alkyl halides is 1. The van der Waals surface area contributed by atoms with Gasteiger partial charge in [0.1, 0.15) is 11.9 Å². The van der Waals surface area contributed by atoms with Crippen LogP contribution in [0.2, 0.25) is 0 Å². The third-order valence-electron chi connectivity index (χ3n) is 5.77. The number of hydrogen-bond donors (Lipinski definition) is 0. The van der Waals surface area contributed by atoms with Gasteiger partial charge in [0.15, 0.2) is 0 Å². The Balaban J connectivity index is 0.00000121. The van der Waals surface area contributed by atoms with Gasteiger partial charge in [-0.1, -0.05) is 6.08 Å². The first-order chi connectivity index (χ1) is 11.7. The molecule has 5 atom stereocenters. The summed E-state index contributed by atoms with van der Waals surface area (Å²) in [4.78, 5) is 6.68. The van der Waals surface area contributed by atoms with Gasteiger partial charge in [-0.15, -0.1) is 31.4 Å². The minimum Gasteiger partial charge on any atom is -0.497 e. The fourth-order valence-corrected chi connectivity index (χ4v) is 4.40. The van der Waals surface area contributed by atoms with Crippen LogP contribution in [0.1, 0.15) is 24.6 Å². The van der Waals surface area contributed by atoms with Crippen LogP contribution in [0, 0.1) is 11.8 Å². The second kappa shape index (κ2) is 8.55. The monoisotopic (exact) mass is 398 g/mol. The lowest BCUT2D eigenvalue weighted by Crippen LogP contribution is -2.54. The summed E-state index contributed by atoms with van der Waals surface area (Å²) in [5.41, 5.74) is 1.54. The summed E-state index contributed by atoms with van der Waals surface area (Å²) in [5.74, 6) is 1.82. The summed E-state index contributed by atoms with van der Waals surface area (Å²) < 4.78 is 20.8. The maximum absolute atomic E-state index is 15.5. The Labute approximate surface area is 166 Å². The van der Waals surface area contributed by atoms with Crippen LogP contribution in [0.5, 0.6) is 5.75 Å². The van der Waals surface area contributed by atoms with Crippen molar-refractivity contribution in [2.45, 2.75) is 25.1 Å². The summed E-state index contributed by atoms with van der Waals surface area (Å²) in [6, 6.07) is 7.43. The van der Waals surface area contributed by atoms with Gasteiger partial charge in [0.05, 0.1) is 12.6 Å². The first kappa shape index (κ1) is 20.9. The van der Waals surface area contributed by atoms with Gasteiger partial charge in [-0.05, 0) is 61.1 Å². The number of pyridine rings is 1. The third kappa shape index (κ3) is 3.55. The van der Waals surface area contributed by atoms with E-state index < -0.39 is 6.17 Å². The minimum absolute atomic E-state index is 0. The second-order valence-corrected chi connectivity index (χ2v) is 6.93. The molecule has 0 aliphatic carbocycles. The molecular weight excluding hydrogens is 374 g/mol. The van der Waals surface area contributed by atoms with Gasteiger partial charge < -0.3 is 4.74 Å². The average molecular weight is 399 g/mol. The maximum Gasteiger partial charge on any atom is 0.141 e. The van der Waals surface area contributed by atoms with E-state index in [0.717, 1.165) is 48.1 Å². The molecule has 142 valence electrons.